The lowest BCUT2D eigenvalue weighted by Gasteiger charge is -2.27. The molecule has 3 aromatic carbocycles. The molecule has 1 aliphatic heterocycles. The molecule has 0 bridgehead atoms. The Labute approximate surface area is 256 Å². The van der Waals surface area contributed by atoms with E-state index >= 15 is 0 Å². The SMILES string of the molecule is O=C(Nc1ccc(CN2CCS(=O)(=O)CC2)c(C(F)(F)F)c1)c1cccc2cc(Oc3cc(NC(=O)C4CC4)ncn3)ccc12. The van der Waals surface area contributed by atoms with Gasteiger partial charge in [0.15, 0.2) is 9.84 Å². The van der Waals surface area contributed by atoms with Crippen molar-refractivity contribution in [2.24, 2.45) is 5.92 Å². The smallest absolute Gasteiger partial charge is 0.416 e. The van der Waals surface area contributed by atoms with Gasteiger partial charge in [-0.05, 0) is 65.6 Å². The third kappa shape index (κ3) is 7.40. The second-order valence-corrected chi connectivity index (χ2v) is 13.4. The van der Waals surface area contributed by atoms with Crippen molar-refractivity contribution in [3.05, 3.63) is 83.7 Å². The van der Waals surface area contributed by atoms with Crippen LogP contribution in [0.4, 0.5) is 24.7 Å². The van der Waals surface area contributed by atoms with Gasteiger partial charge in [0.2, 0.25) is 11.8 Å². The molecule has 234 valence electrons. The van der Waals surface area contributed by atoms with Crippen LogP contribution < -0.4 is 15.4 Å². The highest BCUT2D eigenvalue weighted by molar-refractivity contribution is 7.91. The molecule has 0 radical (unpaired) electrons. The summed E-state index contributed by atoms with van der Waals surface area (Å²) in [7, 11) is -3.17. The van der Waals surface area contributed by atoms with E-state index in [9.17, 15) is 31.2 Å². The second kappa shape index (κ2) is 12.1. The fourth-order valence-corrected chi connectivity index (χ4v) is 6.36. The average Bonchev–Trinajstić information content (AvgIpc) is 3.84. The Balaban J connectivity index is 1.17. The van der Waals surface area contributed by atoms with Crippen molar-refractivity contribution in [2.75, 3.05) is 35.2 Å². The Hall–Kier alpha value is -4.56. The summed E-state index contributed by atoms with van der Waals surface area (Å²) in [5.74, 6) is 0.0678. The third-order valence-corrected chi connectivity index (χ3v) is 9.27. The highest BCUT2D eigenvalue weighted by Crippen LogP contribution is 2.35. The predicted octanol–water partition coefficient (Wildman–Crippen LogP) is 5.27. The Bertz CT molecular complexity index is 1880. The van der Waals surface area contributed by atoms with Gasteiger partial charge in [0.1, 0.15) is 17.9 Å². The number of nitrogens with zero attached hydrogens (tertiary/aromatic N) is 3. The Morgan fingerprint density at radius 2 is 1.73 bits per heavy atom. The second-order valence-electron chi connectivity index (χ2n) is 11.0. The minimum absolute atomic E-state index is 0.00131. The van der Waals surface area contributed by atoms with E-state index in [2.05, 4.69) is 20.6 Å². The van der Waals surface area contributed by atoms with Crippen LogP contribution in [0.2, 0.25) is 0 Å². The standard InChI is InChI=1S/C31H28F3N5O5S/c32-31(33,34)26-15-22(7-6-21(26)17-39-10-12-45(42,43)13-11-39)37-30(41)25-3-1-2-20-14-23(8-9-24(20)25)44-28-16-27(35-18-36-28)38-29(40)19-4-5-19/h1-3,6-9,14-16,18-19H,4-5,10-13,17H2,(H,37,41)(H,35,36,38,40). The van der Waals surface area contributed by atoms with Gasteiger partial charge >= 0.3 is 6.18 Å². The van der Waals surface area contributed by atoms with Crippen LogP contribution in [0.1, 0.15) is 34.3 Å². The number of amides is 2. The molecule has 2 amide bonds. The number of nitrogens with one attached hydrogen (secondary N) is 2. The van der Waals surface area contributed by atoms with Gasteiger partial charge in [0.05, 0.1) is 17.1 Å². The maximum atomic E-state index is 14.0. The van der Waals surface area contributed by atoms with Crippen molar-refractivity contribution in [3.8, 4) is 11.6 Å². The van der Waals surface area contributed by atoms with Gasteiger partial charge < -0.3 is 15.4 Å². The van der Waals surface area contributed by atoms with Gasteiger partial charge in [-0.3, -0.25) is 14.5 Å². The summed E-state index contributed by atoms with van der Waals surface area (Å²) in [6.07, 6.45) is -1.69. The number of alkyl halides is 3. The molecule has 6 rings (SSSR count). The first kappa shape index (κ1) is 30.5. The zero-order valence-electron chi connectivity index (χ0n) is 23.8. The summed E-state index contributed by atoms with van der Waals surface area (Å²) in [5.41, 5.74) is -0.673. The topological polar surface area (TPSA) is 131 Å². The molecule has 1 saturated carbocycles. The Kier molecular flexibility index (Phi) is 8.18. The van der Waals surface area contributed by atoms with Gasteiger partial charge in [0, 0.05) is 42.9 Å². The first-order chi connectivity index (χ1) is 21.4. The van der Waals surface area contributed by atoms with E-state index in [4.69, 9.17) is 4.74 Å². The maximum Gasteiger partial charge on any atom is 0.416 e. The molecule has 0 spiro atoms. The summed E-state index contributed by atoms with van der Waals surface area (Å²) in [6, 6.07) is 15.1. The quantitative estimate of drug-likeness (QED) is 0.267. The summed E-state index contributed by atoms with van der Waals surface area (Å²) < 4.78 is 71.3. The molecule has 14 heteroatoms. The van der Waals surface area contributed by atoms with E-state index in [-0.39, 0.29) is 65.7 Å². The van der Waals surface area contributed by atoms with Crippen molar-refractivity contribution in [1.29, 1.82) is 0 Å². The number of benzene rings is 3. The minimum Gasteiger partial charge on any atom is -0.439 e. The molecule has 4 aromatic rings. The summed E-state index contributed by atoms with van der Waals surface area (Å²) in [5, 5.41) is 6.51. The monoisotopic (exact) mass is 639 g/mol. The van der Waals surface area contributed by atoms with E-state index in [0.29, 0.717) is 22.3 Å². The number of anilines is 2. The van der Waals surface area contributed by atoms with Crippen LogP contribution in [0.3, 0.4) is 0 Å². The molecular formula is C31H28F3N5O5S. The summed E-state index contributed by atoms with van der Waals surface area (Å²) in [4.78, 5) is 35.1. The largest absolute Gasteiger partial charge is 0.439 e. The van der Waals surface area contributed by atoms with Crippen molar-refractivity contribution < 1.29 is 35.9 Å². The van der Waals surface area contributed by atoms with E-state index in [1.165, 1.54) is 24.5 Å². The predicted molar refractivity (Wildman–Crippen MR) is 161 cm³/mol. The van der Waals surface area contributed by atoms with Crippen LogP contribution >= 0.6 is 0 Å². The lowest BCUT2D eigenvalue weighted by Crippen LogP contribution is -2.40. The van der Waals surface area contributed by atoms with Crippen molar-refractivity contribution in [2.45, 2.75) is 25.6 Å². The molecular weight excluding hydrogens is 611 g/mol. The van der Waals surface area contributed by atoms with Crippen LogP contribution in [0.25, 0.3) is 10.8 Å². The van der Waals surface area contributed by atoms with Crippen LogP contribution in [0, 0.1) is 5.92 Å². The molecule has 1 aromatic heterocycles. The fourth-order valence-electron chi connectivity index (χ4n) is 5.09. The van der Waals surface area contributed by atoms with Gasteiger partial charge in [-0.2, -0.15) is 13.2 Å². The number of halogens is 3. The number of aromatic nitrogens is 2. The van der Waals surface area contributed by atoms with Crippen molar-refractivity contribution in [1.82, 2.24) is 14.9 Å². The van der Waals surface area contributed by atoms with E-state index < -0.39 is 27.5 Å². The van der Waals surface area contributed by atoms with Crippen LogP contribution in [0.5, 0.6) is 11.6 Å². The van der Waals surface area contributed by atoms with Crippen molar-refractivity contribution in [3.63, 3.8) is 0 Å². The number of ether oxygens (including phenoxy) is 1. The van der Waals surface area contributed by atoms with Gasteiger partial charge in [-0.15, -0.1) is 0 Å². The number of rotatable bonds is 8. The number of sulfone groups is 1. The number of hydrogen-bond acceptors (Lipinski definition) is 8. The molecule has 1 aliphatic carbocycles. The van der Waals surface area contributed by atoms with Crippen LogP contribution in [-0.2, 0) is 27.4 Å². The fraction of sp³-hybridized carbons (Fsp3) is 0.290. The molecule has 2 N–H and O–H groups in total. The summed E-state index contributed by atoms with van der Waals surface area (Å²) >= 11 is 0. The van der Waals surface area contributed by atoms with Gasteiger partial charge in [-0.1, -0.05) is 18.2 Å². The number of hydrogen-bond donors (Lipinski definition) is 2. The van der Waals surface area contributed by atoms with E-state index in [1.54, 1.807) is 41.3 Å². The number of fused-ring (bicyclic) bond motifs is 1. The number of carbonyl (C=O) groups excluding carboxylic acids is 2. The highest BCUT2D eigenvalue weighted by Gasteiger charge is 2.35. The lowest BCUT2D eigenvalue weighted by molar-refractivity contribution is -0.138. The zero-order chi connectivity index (χ0) is 31.8. The van der Waals surface area contributed by atoms with E-state index in [1.807, 2.05) is 0 Å². The first-order valence-corrected chi connectivity index (χ1v) is 16.0. The molecule has 1 saturated heterocycles. The van der Waals surface area contributed by atoms with Gasteiger partial charge in [-0.25, -0.2) is 18.4 Å². The molecule has 10 nitrogen and oxygen atoms in total. The maximum absolute atomic E-state index is 14.0. The van der Waals surface area contributed by atoms with E-state index in [0.717, 1.165) is 18.9 Å². The molecule has 2 aliphatic rings. The van der Waals surface area contributed by atoms with Crippen molar-refractivity contribution >= 4 is 43.9 Å². The normalized spacial score (nSPS) is 16.7. The highest BCUT2D eigenvalue weighted by atomic mass is 32.2. The Morgan fingerprint density at radius 3 is 2.47 bits per heavy atom. The summed E-state index contributed by atoms with van der Waals surface area (Å²) in [6.45, 7) is 0.257. The Morgan fingerprint density at radius 1 is 0.956 bits per heavy atom. The molecule has 45 heavy (non-hydrogen) atoms. The molecule has 2 fully saturated rings. The number of carbonyl (C=O) groups is 2. The minimum atomic E-state index is -4.68. The zero-order valence-corrected chi connectivity index (χ0v) is 24.6. The average molecular weight is 640 g/mol. The van der Waals surface area contributed by atoms with Crippen LogP contribution in [0.15, 0.2) is 67.0 Å². The van der Waals surface area contributed by atoms with Crippen LogP contribution in [-0.4, -0.2) is 59.7 Å². The molecule has 0 atom stereocenters. The molecule has 0 unspecified atom stereocenters. The third-order valence-electron chi connectivity index (χ3n) is 7.66. The molecule has 2 heterocycles. The lowest BCUT2D eigenvalue weighted by atomic mass is 10.0. The first-order valence-electron chi connectivity index (χ1n) is 14.2. The van der Waals surface area contributed by atoms with Gasteiger partial charge in [0.25, 0.3) is 5.91 Å².